The number of hydrogen-bond acceptors (Lipinski definition) is 5. The third kappa shape index (κ3) is 2.60. The average Bonchev–Trinajstić information content (AvgIpc) is 2.67. The summed E-state index contributed by atoms with van der Waals surface area (Å²) in [6, 6.07) is 9.18. The molecular formula is C21H20O5. The molecule has 4 rings (SSSR count). The van der Waals surface area contributed by atoms with E-state index in [-0.39, 0.29) is 5.43 Å². The molecule has 1 aliphatic heterocycles. The highest BCUT2D eigenvalue weighted by molar-refractivity contribution is 5.85. The third-order valence-electron chi connectivity index (χ3n) is 4.68. The lowest BCUT2D eigenvalue weighted by Gasteiger charge is -2.19. The van der Waals surface area contributed by atoms with Crippen molar-refractivity contribution in [2.75, 3.05) is 20.3 Å². The quantitative estimate of drug-likeness (QED) is 0.710. The summed E-state index contributed by atoms with van der Waals surface area (Å²) in [7, 11) is 1.62. The van der Waals surface area contributed by atoms with Gasteiger partial charge in [0.05, 0.1) is 18.1 Å². The topological polar surface area (TPSA) is 57.9 Å². The fraction of sp³-hybridized carbons (Fsp3) is 0.286. The number of rotatable bonds is 3. The Bertz CT molecular complexity index is 1050. The van der Waals surface area contributed by atoms with Crippen LogP contribution in [-0.2, 0) is 6.42 Å². The molecule has 0 aliphatic carbocycles. The first kappa shape index (κ1) is 16.5. The Morgan fingerprint density at radius 3 is 2.58 bits per heavy atom. The maximum absolute atomic E-state index is 13.2. The van der Waals surface area contributed by atoms with Gasteiger partial charge in [-0.15, -0.1) is 0 Å². The molecule has 0 N–H and O–H groups in total. The van der Waals surface area contributed by atoms with Crippen LogP contribution in [0.5, 0.6) is 17.2 Å². The first-order valence-corrected chi connectivity index (χ1v) is 8.66. The fourth-order valence-electron chi connectivity index (χ4n) is 3.38. The fourth-order valence-corrected chi connectivity index (χ4v) is 3.38. The average molecular weight is 352 g/mol. The van der Waals surface area contributed by atoms with Gasteiger partial charge in [-0.05, 0) is 42.7 Å². The summed E-state index contributed by atoms with van der Waals surface area (Å²) in [5, 5.41) is 0.554. The normalized spacial score (nSPS) is 13.0. The van der Waals surface area contributed by atoms with Gasteiger partial charge in [0.15, 0.2) is 11.5 Å². The van der Waals surface area contributed by atoms with Crippen molar-refractivity contribution < 1.29 is 18.6 Å². The molecule has 5 heteroatoms. The number of benzene rings is 2. The van der Waals surface area contributed by atoms with Crippen LogP contribution in [0.2, 0.25) is 0 Å². The lowest BCUT2D eigenvalue weighted by molar-refractivity contribution is 0.171. The van der Waals surface area contributed by atoms with Gasteiger partial charge in [0.25, 0.3) is 0 Å². The van der Waals surface area contributed by atoms with E-state index in [0.29, 0.717) is 47.0 Å². The van der Waals surface area contributed by atoms with Crippen molar-refractivity contribution in [2.45, 2.75) is 20.3 Å². The monoisotopic (exact) mass is 352 g/mol. The zero-order valence-corrected chi connectivity index (χ0v) is 15.0. The Balaban J connectivity index is 1.94. The molecular weight excluding hydrogens is 332 g/mol. The van der Waals surface area contributed by atoms with Crippen LogP contribution in [0, 0.1) is 6.92 Å². The zero-order chi connectivity index (χ0) is 18.3. The molecule has 0 fully saturated rings. The van der Waals surface area contributed by atoms with Crippen molar-refractivity contribution in [2.24, 2.45) is 0 Å². The summed E-state index contributed by atoms with van der Waals surface area (Å²) in [5.74, 6) is 2.64. The Labute approximate surface area is 151 Å². The summed E-state index contributed by atoms with van der Waals surface area (Å²) in [4.78, 5) is 13.2. The van der Waals surface area contributed by atoms with Gasteiger partial charge in [0.1, 0.15) is 30.3 Å². The van der Waals surface area contributed by atoms with E-state index < -0.39 is 0 Å². The van der Waals surface area contributed by atoms with E-state index in [1.807, 2.05) is 31.2 Å². The summed E-state index contributed by atoms with van der Waals surface area (Å²) < 4.78 is 22.6. The lowest BCUT2D eigenvalue weighted by Crippen LogP contribution is -2.15. The van der Waals surface area contributed by atoms with Gasteiger partial charge in [-0.3, -0.25) is 4.79 Å². The molecule has 2 heterocycles. The standard InChI is InChI=1S/C21H20O5/c1-4-13-9-15-18(11-17(13)23-3)26-12(2)20(21(15)22)14-5-6-16-19(10-14)25-8-7-24-16/h5-6,9-11H,4,7-8H2,1-3H3. The lowest BCUT2D eigenvalue weighted by atomic mass is 10.00. The largest absolute Gasteiger partial charge is 0.496 e. The van der Waals surface area contributed by atoms with Crippen molar-refractivity contribution in [1.82, 2.24) is 0 Å². The van der Waals surface area contributed by atoms with Crippen LogP contribution in [0.3, 0.4) is 0 Å². The van der Waals surface area contributed by atoms with Crippen LogP contribution in [0.1, 0.15) is 18.2 Å². The van der Waals surface area contributed by atoms with Gasteiger partial charge in [-0.2, -0.15) is 0 Å². The summed E-state index contributed by atoms with van der Waals surface area (Å²) in [6.45, 7) is 4.86. The Morgan fingerprint density at radius 2 is 1.85 bits per heavy atom. The van der Waals surface area contributed by atoms with Gasteiger partial charge >= 0.3 is 0 Å². The van der Waals surface area contributed by atoms with E-state index >= 15 is 0 Å². The van der Waals surface area contributed by atoms with Crippen LogP contribution in [0.4, 0.5) is 0 Å². The van der Waals surface area contributed by atoms with E-state index in [4.69, 9.17) is 18.6 Å². The molecule has 1 aliphatic rings. The van der Waals surface area contributed by atoms with Gasteiger partial charge in [0.2, 0.25) is 5.43 Å². The van der Waals surface area contributed by atoms with Crippen LogP contribution >= 0.6 is 0 Å². The Kier molecular flexibility index (Phi) is 4.07. The number of methoxy groups -OCH3 is 1. The molecule has 0 atom stereocenters. The highest BCUT2D eigenvalue weighted by atomic mass is 16.6. The minimum atomic E-state index is -0.0576. The molecule has 0 saturated carbocycles. The van der Waals surface area contributed by atoms with Gasteiger partial charge in [0, 0.05) is 6.07 Å². The number of ether oxygens (including phenoxy) is 3. The van der Waals surface area contributed by atoms with Crippen molar-refractivity contribution in [3.05, 3.63) is 51.9 Å². The minimum absolute atomic E-state index is 0.0576. The molecule has 0 saturated heterocycles. The Hall–Kier alpha value is -2.95. The molecule has 0 bridgehead atoms. The van der Waals surface area contributed by atoms with Crippen LogP contribution in [0.25, 0.3) is 22.1 Å². The zero-order valence-electron chi connectivity index (χ0n) is 15.0. The predicted octanol–water partition coefficient (Wildman–Crippen LogP) is 4.11. The van der Waals surface area contributed by atoms with Crippen LogP contribution in [0.15, 0.2) is 39.5 Å². The smallest absolute Gasteiger partial charge is 0.200 e. The molecule has 5 nitrogen and oxygen atoms in total. The number of hydrogen-bond donors (Lipinski definition) is 0. The second-order valence-corrected chi connectivity index (χ2v) is 6.23. The molecule has 3 aromatic rings. The van der Waals surface area contributed by atoms with E-state index in [1.165, 1.54) is 0 Å². The summed E-state index contributed by atoms with van der Waals surface area (Å²) in [6.07, 6.45) is 0.770. The Morgan fingerprint density at radius 1 is 1.08 bits per heavy atom. The maximum atomic E-state index is 13.2. The van der Waals surface area contributed by atoms with Gasteiger partial charge in [-0.1, -0.05) is 13.0 Å². The molecule has 2 aromatic carbocycles. The second-order valence-electron chi connectivity index (χ2n) is 6.23. The molecule has 0 spiro atoms. The van der Waals surface area contributed by atoms with Gasteiger partial charge < -0.3 is 18.6 Å². The number of aryl methyl sites for hydroxylation is 2. The first-order valence-electron chi connectivity index (χ1n) is 8.66. The predicted molar refractivity (Wildman–Crippen MR) is 99.6 cm³/mol. The van der Waals surface area contributed by atoms with E-state index in [9.17, 15) is 4.79 Å². The number of fused-ring (bicyclic) bond motifs is 2. The second kappa shape index (κ2) is 6.41. The van der Waals surface area contributed by atoms with Gasteiger partial charge in [-0.25, -0.2) is 0 Å². The van der Waals surface area contributed by atoms with Crippen molar-refractivity contribution in [3.63, 3.8) is 0 Å². The minimum Gasteiger partial charge on any atom is -0.496 e. The highest BCUT2D eigenvalue weighted by Gasteiger charge is 2.19. The molecule has 1 aromatic heterocycles. The molecule has 0 radical (unpaired) electrons. The molecule has 26 heavy (non-hydrogen) atoms. The summed E-state index contributed by atoms with van der Waals surface area (Å²) >= 11 is 0. The maximum Gasteiger partial charge on any atom is 0.200 e. The van der Waals surface area contributed by atoms with Crippen LogP contribution < -0.4 is 19.6 Å². The molecule has 0 unspecified atom stereocenters. The van der Waals surface area contributed by atoms with E-state index in [1.54, 1.807) is 20.1 Å². The first-order chi connectivity index (χ1) is 12.6. The highest BCUT2D eigenvalue weighted by Crippen LogP contribution is 2.35. The summed E-state index contributed by atoms with van der Waals surface area (Å²) in [5.41, 5.74) is 2.75. The SMILES string of the molecule is CCc1cc2c(=O)c(-c3ccc4c(c3)OCCO4)c(C)oc2cc1OC. The van der Waals surface area contributed by atoms with Crippen molar-refractivity contribution >= 4 is 11.0 Å². The van der Waals surface area contributed by atoms with E-state index in [0.717, 1.165) is 23.3 Å². The van der Waals surface area contributed by atoms with E-state index in [2.05, 4.69) is 0 Å². The molecule has 134 valence electrons. The third-order valence-corrected chi connectivity index (χ3v) is 4.68. The van der Waals surface area contributed by atoms with Crippen LogP contribution in [-0.4, -0.2) is 20.3 Å². The van der Waals surface area contributed by atoms with Crippen molar-refractivity contribution in [3.8, 4) is 28.4 Å². The molecule has 0 amide bonds. The van der Waals surface area contributed by atoms with Crippen molar-refractivity contribution in [1.29, 1.82) is 0 Å².